The third-order valence-corrected chi connectivity index (χ3v) is 3.64. The molecule has 0 radical (unpaired) electrons. The van der Waals surface area contributed by atoms with Crippen LogP contribution in [0.15, 0.2) is 18.2 Å². The number of halogens is 1. The molecule has 2 rings (SSSR count). The van der Waals surface area contributed by atoms with Crippen molar-refractivity contribution in [3.05, 3.63) is 29.6 Å². The Labute approximate surface area is 108 Å². The van der Waals surface area contributed by atoms with Gasteiger partial charge in [0.05, 0.1) is 6.10 Å². The predicted molar refractivity (Wildman–Crippen MR) is 69.2 cm³/mol. The number of hydrogen-bond acceptors (Lipinski definition) is 2. The standard InChI is InChI=1S/C15H21FO2/c1-3-7-15(8-4-2)10-13(17)12-6-5-11(16)9-14(12)18-15/h5-6,9,13,17H,3-4,7-8,10H2,1-2H3/t13-/m1/s1. The lowest BCUT2D eigenvalue weighted by Gasteiger charge is -2.41. The zero-order chi connectivity index (χ0) is 13.2. The van der Waals surface area contributed by atoms with E-state index in [1.54, 1.807) is 6.07 Å². The van der Waals surface area contributed by atoms with E-state index in [0.717, 1.165) is 25.7 Å². The monoisotopic (exact) mass is 252 g/mol. The van der Waals surface area contributed by atoms with E-state index in [0.29, 0.717) is 17.7 Å². The van der Waals surface area contributed by atoms with Gasteiger partial charge in [0.25, 0.3) is 0 Å². The van der Waals surface area contributed by atoms with Crippen LogP contribution in [0.3, 0.4) is 0 Å². The van der Waals surface area contributed by atoms with Crippen molar-refractivity contribution in [2.24, 2.45) is 0 Å². The topological polar surface area (TPSA) is 29.5 Å². The molecule has 1 aliphatic heterocycles. The van der Waals surface area contributed by atoms with Crippen molar-refractivity contribution in [2.45, 2.75) is 57.7 Å². The van der Waals surface area contributed by atoms with Gasteiger partial charge in [0, 0.05) is 18.1 Å². The smallest absolute Gasteiger partial charge is 0.128 e. The zero-order valence-electron chi connectivity index (χ0n) is 11.1. The summed E-state index contributed by atoms with van der Waals surface area (Å²) in [5, 5.41) is 10.2. The molecule has 1 aromatic rings. The second-order valence-corrected chi connectivity index (χ2v) is 5.19. The van der Waals surface area contributed by atoms with Gasteiger partial charge < -0.3 is 9.84 Å². The normalized spacial score (nSPS) is 21.2. The second-order valence-electron chi connectivity index (χ2n) is 5.19. The van der Waals surface area contributed by atoms with Gasteiger partial charge >= 0.3 is 0 Å². The molecule has 3 heteroatoms. The van der Waals surface area contributed by atoms with E-state index in [9.17, 15) is 9.50 Å². The minimum absolute atomic E-state index is 0.315. The van der Waals surface area contributed by atoms with Crippen molar-refractivity contribution in [1.29, 1.82) is 0 Å². The molecule has 100 valence electrons. The van der Waals surface area contributed by atoms with Crippen LogP contribution in [0.1, 0.15) is 57.6 Å². The van der Waals surface area contributed by atoms with E-state index < -0.39 is 6.10 Å². The van der Waals surface area contributed by atoms with E-state index in [4.69, 9.17) is 4.74 Å². The first-order valence-corrected chi connectivity index (χ1v) is 6.77. The fourth-order valence-electron chi connectivity index (χ4n) is 2.95. The highest BCUT2D eigenvalue weighted by Crippen LogP contribution is 2.43. The zero-order valence-corrected chi connectivity index (χ0v) is 11.1. The molecular weight excluding hydrogens is 231 g/mol. The third-order valence-electron chi connectivity index (χ3n) is 3.64. The van der Waals surface area contributed by atoms with Gasteiger partial charge in [0.2, 0.25) is 0 Å². The molecule has 0 aliphatic carbocycles. The Bertz CT molecular complexity index is 411. The molecule has 0 saturated heterocycles. The largest absolute Gasteiger partial charge is 0.487 e. The van der Waals surface area contributed by atoms with Crippen molar-refractivity contribution >= 4 is 0 Å². The molecule has 1 atom stereocenters. The van der Waals surface area contributed by atoms with Crippen LogP contribution in [-0.2, 0) is 0 Å². The van der Waals surface area contributed by atoms with Crippen molar-refractivity contribution in [1.82, 2.24) is 0 Å². The molecule has 0 amide bonds. The van der Waals surface area contributed by atoms with Gasteiger partial charge in [0.1, 0.15) is 17.2 Å². The van der Waals surface area contributed by atoms with Crippen molar-refractivity contribution < 1.29 is 14.2 Å². The summed E-state index contributed by atoms with van der Waals surface area (Å²) in [4.78, 5) is 0. The third kappa shape index (κ3) is 2.51. The van der Waals surface area contributed by atoms with Gasteiger partial charge in [0.15, 0.2) is 0 Å². The number of aliphatic hydroxyl groups is 1. The van der Waals surface area contributed by atoms with Gasteiger partial charge in [-0.2, -0.15) is 0 Å². The van der Waals surface area contributed by atoms with E-state index in [-0.39, 0.29) is 11.4 Å². The maximum atomic E-state index is 13.3. The highest BCUT2D eigenvalue weighted by atomic mass is 19.1. The fourth-order valence-corrected chi connectivity index (χ4v) is 2.95. The first-order chi connectivity index (χ1) is 8.60. The minimum Gasteiger partial charge on any atom is -0.487 e. The Morgan fingerprint density at radius 3 is 2.61 bits per heavy atom. The second kappa shape index (κ2) is 5.27. The van der Waals surface area contributed by atoms with Crippen molar-refractivity contribution in [3.8, 4) is 5.75 Å². The average Bonchev–Trinajstić information content (AvgIpc) is 2.28. The molecule has 1 aliphatic rings. The number of hydrogen-bond donors (Lipinski definition) is 1. The van der Waals surface area contributed by atoms with Gasteiger partial charge in [-0.05, 0) is 25.0 Å². The Morgan fingerprint density at radius 1 is 1.33 bits per heavy atom. The lowest BCUT2D eigenvalue weighted by atomic mass is 9.82. The molecule has 0 unspecified atom stereocenters. The van der Waals surface area contributed by atoms with Crippen molar-refractivity contribution in [3.63, 3.8) is 0 Å². The summed E-state index contributed by atoms with van der Waals surface area (Å²) < 4.78 is 19.3. The maximum absolute atomic E-state index is 13.3. The van der Waals surface area contributed by atoms with Gasteiger partial charge in [-0.3, -0.25) is 0 Å². The van der Waals surface area contributed by atoms with Crippen LogP contribution in [0.2, 0.25) is 0 Å². The molecule has 0 bridgehead atoms. The van der Waals surface area contributed by atoms with Crippen LogP contribution in [-0.4, -0.2) is 10.7 Å². The lowest BCUT2D eigenvalue weighted by Crippen LogP contribution is -2.41. The molecule has 1 N–H and O–H groups in total. The van der Waals surface area contributed by atoms with Crippen LogP contribution in [0.5, 0.6) is 5.75 Å². The summed E-state index contributed by atoms with van der Waals surface area (Å²) in [6.45, 7) is 4.21. The first kappa shape index (κ1) is 13.3. The molecule has 1 aromatic carbocycles. The highest BCUT2D eigenvalue weighted by Gasteiger charge is 2.39. The summed E-state index contributed by atoms with van der Waals surface area (Å²) in [6.07, 6.45) is 3.84. The van der Waals surface area contributed by atoms with Gasteiger partial charge in [-0.1, -0.05) is 26.7 Å². The summed E-state index contributed by atoms with van der Waals surface area (Å²) in [7, 11) is 0. The number of fused-ring (bicyclic) bond motifs is 1. The molecule has 0 saturated carbocycles. The SMILES string of the molecule is CCCC1(CCC)C[C@@H](O)c2ccc(F)cc2O1. The lowest BCUT2D eigenvalue weighted by molar-refractivity contribution is -0.0270. The number of benzene rings is 1. The van der Waals surface area contributed by atoms with E-state index >= 15 is 0 Å². The van der Waals surface area contributed by atoms with E-state index in [2.05, 4.69) is 13.8 Å². The van der Waals surface area contributed by atoms with Gasteiger partial charge in [-0.25, -0.2) is 4.39 Å². The first-order valence-electron chi connectivity index (χ1n) is 6.77. The number of aliphatic hydroxyl groups excluding tert-OH is 1. The summed E-state index contributed by atoms with van der Waals surface area (Å²) in [5.74, 6) is 0.195. The molecular formula is C15H21FO2. The predicted octanol–water partition coefficient (Wildman–Crippen LogP) is 3.98. The molecule has 0 spiro atoms. The van der Waals surface area contributed by atoms with Gasteiger partial charge in [-0.15, -0.1) is 0 Å². The van der Waals surface area contributed by atoms with Crippen LogP contribution >= 0.6 is 0 Å². The van der Waals surface area contributed by atoms with E-state index in [1.807, 2.05) is 0 Å². The Kier molecular flexibility index (Phi) is 3.91. The molecule has 1 heterocycles. The number of rotatable bonds is 4. The Hall–Kier alpha value is -1.09. The fraction of sp³-hybridized carbons (Fsp3) is 0.600. The molecule has 18 heavy (non-hydrogen) atoms. The highest BCUT2D eigenvalue weighted by molar-refractivity contribution is 5.38. The quantitative estimate of drug-likeness (QED) is 0.878. The van der Waals surface area contributed by atoms with Crippen LogP contribution < -0.4 is 4.74 Å². The molecule has 0 fully saturated rings. The Balaban J connectivity index is 2.34. The van der Waals surface area contributed by atoms with Crippen molar-refractivity contribution in [2.75, 3.05) is 0 Å². The number of ether oxygens (including phenoxy) is 1. The maximum Gasteiger partial charge on any atom is 0.128 e. The van der Waals surface area contributed by atoms with E-state index in [1.165, 1.54) is 12.1 Å². The minimum atomic E-state index is -0.549. The average molecular weight is 252 g/mol. The van der Waals surface area contributed by atoms with Crippen LogP contribution in [0.25, 0.3) is 0 Å². The summed E-state index contributed by atoms with van der Waals surface area (Å²) in [5.41, 5.74) is 0.378. The summed E-state index contributed by atoms with van der Waals surface area (Å²) in [6, 6.07) is 4.38. The molecule has 2 nitrogen and oxygen atoms in total. The summed E-state index contributed by atoms with van der Waals surface area (Å²) >= 11 is 0. The van der Waals surface area contributed by atoms with Crippen LogP contribution in [0, 0.1) is 5.82 Å². The van der Waals surface area contributed by atoms with Crippen LogP contribution in [0.4, 0.5) is 4.39 Å². The molecule has 0 aromatic heterocycles. The Morgan fingerprint density at radius 2 is 2.00 bits per heavy atom.